The van der Waals surface area contributed by atoms with E-state index >= 15 is 0 Å². The number of benzene rings is 2. The van der Waals surface area contributed by atoms with Crippen LogP contribution in [-0.4, -0.2) is 29.9 Å². The van der Waals surface area contributed by atoms with Crippen LogP contribution in [-0.2, 0) is 16.0 Å². The molecular weight excluding hydrogens is 418 g/mol. The van der Waals surface area contributed by atoms with Gasteiger partial charge in [0, 0.05) is 23.7 Å². The van der Waals surface area contributed by atoms with Gasteiger partial charge in [-0.25, -0.2) is 9.78 Å². The van der Waals surface area contributed by atoms with Crippen LogP contribution in [0.4, 0.5) is 27.0 Å². The molecule has 3 aromatic rings. The fraction of sp³-hybridized carbons (Fsp3) is 0.143. The first kappa shape index (κ1) is 21.8. The zero-order chi connectivity index (χ0) is 22.2. The fourth-order valence-electron chi connectivity index (χ4n) is 2.67. The molecule has 4 N–H and O–H groups in total. The molecule has 0 aliphatic heterocycles. The van der Waals surface area contributed by atoms with Gasteiger partial charge in [-0.2, -0.15) is 0 Å². The van der Waals surface area contributed by atoms with Gasteiger partial charge in [-0.3, -0.25) is 14.9 Å². The van der Waals surface area contributed by atoms with Crippen LogP contribution in [0.15, 0.2) is 53.9 Å². The van der Waals surface area contributed by atoms with Crippen molar-refractivity contribution in [1.82, 2.24) is 4.98 Å². The van der Waals surface area contributed by atoms with E-state index < -0.39 is 6.03 Å². The van der Waals surface area contributed by atoms with Gasteiger partial charge in [-0.1, -0.05) is 18.2 Å². The molecule has 0 saturated carbocycles. The predicted octanol–water partition coefficient (Wildman–Crippen LogP) is 3.94. The third kappa shape index (κ3) is 6.54. The highest BCUT2D eigenvalue weighted by atomic mass is 32.1. The Morgan fingerprint density at radius 3 is 2.45 bits per heavy atom. The lowest BCUT2D eigenvalue weighted by molar-refractivity contribution is -0.116. The van der Waals surface area contributed by atoms with E-state index in [9.17, 15) is 14.4 Å². The first-order valence-corrected chi connectivity index (χ1v) is 10.1. The number of para-hydroxylation sites is 1. The highest BCUT2D eigenvalue weighted by Crippen LogP contribution is 2.28. The second-order valence-electron chi connectivity index (χ2n) is 6.41. The number of methoxy groups -OCH3 is 1. The molecule has 0 aliphatic rings. The van der Waals surface area contributed by atoms with E-state index in [1.165, 1.54) is 25.4 Å². The minimum atomic E-state index is -0.420. The average Bonchev–Trinajstić information content (AvgIpc) is 3.14. The zero-order valence-electron chi connectivity index (χ0n) is 16.9. The number of nitrogens with zero attached hydrogens (tertiary/aromatic N) is 1. The number of anilines is 4. The summed E-state index contributed by atoms with van der Waals surface area (Å²) in [5, 5.41) is 12.8. The van der Waals surface area contributed by atoms with Crippen molar-refractivity contribution < 1.29 is 19.1 Å². The Labute approximate surface area is 182 Å². The Bertz CT molecular complexity index is 1080. The van der Waals surface area contributed by atoms with Crippen LogP contribution in [0.2, 0.25) is 0 Å². The molecule has 1 aromatic heterocycles. The molecule has 31 heavy (non-hydrogen) atoms. The molecular formula is C21H21N5O4S. The molecule has 9 nitrogen and oxygen atoms in total. The number of thiazole rings is 1. The lowest BCUT2D eigenvalue weighted by Crippen LogP contribution is -2.19. The molecule has 160 valence electrons. The standard InChI is InChI=1S/C21H21N5O4S/c1-13(27)22-15-8-9-18(30-2)17(10-15)25-19(28)11-16-12-31-21(24-16)26-20(29)23-14-6-4-3-5-7-14/h3-10,12H,11H2,1-2H3,(H,22,27)(H,25,28)(H2,23,24,26,29). The summed E-state index contributed by atoms with van der Waals surface area (Å²) in [7, 11) is 1.49. The lowest BCUT2D eigenvalue weighted by Gasteiger charge is -2.12. The number of hydrogen-bond donors (Lipinski definition) is 4. The highest BCUT2D eigenvalue weighted by molar-refractivity contribution is 7.14. The van der Waals surface area contributed by atoms with Gasteiger partial charge in [-0.15, -0.1) is 11.3 Å². The van der Waals surface area contributed by atoms with Crippen LogP contribution in [0.5, 0.6) is 5.75 Å². The summed E-state index contributed by atoms with van der Waals surface area (Å²) < 4.78 is 5.26. The van der Waals surface area contributed by atoms with Gasteiger partial charge in [0.25, 0.3) is 0 Å². The smallest absolute Gasteiger partial charge is 0.325 e. The summed E-state index contributed by atoms with van der Waals surface area (Å²) in [6.07, 6.45) is 0.00596. The van der Waals surface area contributed by atoms with Gasteiger partial charge in [0.05, 0.1) is 24.9 Å². The van der Waals surface area contributed by atoms with Gasteiger partial charge in [0.2, 0.25) is 11.8 Å². The molecule has 2 aromatic carbocycles. The normalized spacial score (nSPS) is 10.1. The molecule has 0 atom stereocenters. The van der Waals surface area contributed by atoms with E-state index in [1.54, 1.807) is 35.7 Å². The second kappa shape index (κ2) is 10.2. The SMILES string of the molecule is COc1ccc(NC(C)=O)cc1NC(=O)Cc1csc(NC(=O)Nc2ccccc2)n1. The fourth-order valence-corrected chi connectivity index (χ4v) is 3.38. The van der Waals surface area contributed by atoms with E-state index in [2.05, 4.69) is 26.3 Å². The first-order chi connectivity index (χ1) is 14.9. The Hall–Kier alpha value is -3.92. The largest absolute Gasteiger partial charge is 0.495 e. The van der Waals surface area contributed by atoms with Gasteiger partial charge in [-0.05, 0) is 30.3 Å². The Balaban J connectivity index is 1.58. The van der Waals surface area contributed by atoms with Crippen LogP contribution in [0.3, 0.4) is 0 Å². The minimum Gasteiger partial charge on any atom is -0.495 e. The third-order valence-corrected chi connectivity index (χ3v) is 4.75. The number of urea groups is 1. The molecule has 0 bridgehead atoms. The Kier molecular flexibility index (Phi) is 7.17. The molecule has 10 heteroatoms. The second-order valence-corrected chi connectivity index (χ2v) is 7.27. The number of carbonyl (C=O) groups excluding carboxylic acids is 3. The quantitative estimate of drug-likeness (QED) is 0.444. The molecule has 0 fully saturated rings. The van der Waals surface area contributed by atoms with Crippen LogP contribution in [0.1, 0.15) is 12.6 Å². The van der Waals surface area contributed by atoms with Gasteiger partial charge in [0.15, 0.2) is 5.13 Å². The summed E-state index contributed by atoms with van der Waals surface area (Å²) in [6, 6.07) is 13.5. The minimum absolute atomic E-state index is 0.00596. The molecule has 0 saturated heterocycles. The number of rotatable bonds is 7. The Morgan fingerprint density at radius 2 is 1.74 bits per heavy atom. The van der Waals surface area contributed by atoms with Crippen molar-refractivity contribution in [3.63, 3.8) is 0 Å². The number of ether oxygens (including phenoxy) is 1. The molecule has 4 amide bonds. The molecule has 3 rings (SSSR count). The van der Waals surface area contributed by atoms with Crippen LogP contribution < -0.4 is 26.0 Å². The molecule has 0 spiro atoms. The van der Waals surface area contributed by atoms with Crippen molar-refractivity contribution >= 4 is 51.4 Å². The van der Waals surface area contributed by atoms with Crippen molar-refractivity contribution in [2.24, 2.45) is 0 Å². The van der Waals surface area contributed by atoms with E-state index in [0.29, 0.717) is 33.6 Å². The summed E-state index contributed by atoms with van der Waals surface area (Å²) in [5.74, 6) is -0.0780. The van der Waals surface area contributed by atoms with Gasteiger partial charge >= 0.3 is 6.03 Å². The monoisotopic (exact) mass is 439 g/mol. The third-order valence-electron chi connectivity index (χ3n) is 3.94. The van der Waals surface area contributed by atoms with E-state index in [-0.39, 0.29) is 18.2 Å². The average molecular weight is 439 g/mol. The van der Waals surface area contributed by atoms with E-state index in [0.717, 1.165) is 0 Å². The number of nitrogens with one attached hydrogen (secondary N) is 4. The number of hydrogen-bond acceptors (Lipinski definition) is 6. The highest BCUT2D eigenvalue weighted by Gasteiger charge is 2.13. The maximum atomic E-state index is 12.5. The van der Waals surface area contributed by atoms with Crippen LogP contribution in [0.25, 0.3) is 0 Å². The predicted molar refractivity (Wildman–Crippen MR) is 121 cm³/mol. The van der Waals surface area contributed by atoms with Gasteiger partial charge < -0.3 is 20.7 Å². The number of amides is 4. The van der Waals surface area contributed by atoms with Crippen molar-refractivity contribution in [2.75, 3.05) is 28.4 Å². The molecule has 0 radical (unpaired) electrons. The maximum Gasteiger partial charge on any atom is 0.325 e. The Morgan fingerprint density at radius 1 is 0.968 bits per heavy atom. The molecule has 1 heterocycles. The topological polar surface area (TPSA) is 121 Å². The summed E-state index contributed by atoms with van der Waals surface area (Å²) >= 11 is 1.22. The summed E-state index contributed by atoms with van der Waals surface area (Å²) in [5.41, 5.74) is 2.13. The summed E-state index contributed by atoms with van der Waals surface area (Å²) in [4.78, 5) is 40.0. The van der Waals surface area contributed by atoms with E-state index in [4.69, 9.17) is 4.74 Å². The lowest BCUT2D eigenvalue weighted by atomic mass is 10.2. The number of carbonyl (C=O) groups is 3. The van der Waals surface area contributed by atoms with Crippen LogP contribution >= 0.6 is 11.3 Å². The summed E-state index contributed by atoms with van der Waals surface area (Å²) in [6.45, 7) is 1.40. The van der Waals surface area contributed by atoms with E-state index in [1.807, 2.05) is 18.2 Å². The van der Waals surface area contributed by atoms with Crippen LogP contribution in [0, 0.1) is 0 Å². The maximum absolute atomic E-state index is 12.5. The van der Waals surface area contributed by atoms with Crippen molar-refractivity contribution in [1.29, 1.82) is 0 Å². The van der Waals surface area contributed by atoms with Crippen molar-refractivity contribution in [2.45, 2.75) is 13.3 Å². The molecule has 0 unspecified atom stereocenters. The number of aromatic nitrogens is 1. The zero-order valence-corrected chi connectivity index (χ0v) is 17.7. The van der Waals surface area contributed by atoms with Gasteiger partial charge in [0.1, 0.15) is 5.75 Å². The first-order valence-electron chi connectivity index (χ1n) is 9.26. The van der Waals surface area contributed by atoms with Crippen molar-refractivity contribution in [3.05, 3.63) is 59.6 Å². The van der Waals surface area contributed by atoms with Crippen molar-refractivity contribution in [3.8, 4) is 5.75 Å². The molecule has 0 aliphatic carbocycles.